The number of fused-ring (bicyclic) bond motifs is 1. The van der Waals surface area contributed by atoms with Crippen molar-refractivity contribution in [3.05, 3.63) is 30.0 Å². The molecule has 0 atom stereocenters. The lowest BCUT2D eigenvalue weighted by Gasteiger charge is -1.90. The first kappa shape index (κ1) is 8.13. The maximum absolute atomic E-state index is 9.20. The zero-order valence-corrected chi connectivity index (χ0v) is 7.28. The molecule has 0 fully saturated rings. The standard InChI is InChI=1S/C10H10O3/c1-12-6-9-5-7-4-8(11)2-3-10(7)13-9/h2-5,11H,6H2,1H3. The first-order valence-electron chi connectivity index (χ1n) is 4.00. The molecule has 0 radical (unpaired) electrons. The van der Waals surface area contributed by atoms with Gasteiger partial charge in [-0.1, -0.05) is 0 Å². The molecule has 1 N–H and O–H groups in total. The van der Waals surface area contributed by atoms with Gasteiger partial charge in [0.05, 0.1) is 0 Å². The van der Waals surface area contributed by atoms with Gasteiger partial charge in [-0.15, -0.1) is 0 Å². The predicted molar refractivity (Wildman–Crippen MR) is 48.6 cm³/mol. The number of phenols is 1. The molecule has 3 heteroatoms. The third-order valence-corrected chi connectivity index (χ3v) is 1.84. The van der Waals surface area contributed by atoms with E-state index in [1.165, 1.54) is 0 Å². The average Bonchev–Trinajstić information content (AvgIpc) is 2.46. The monoisotopic (exact) mass is 178 g/mol. The van der Waals surface area contributed by atoms with Gasteiger partial charge in [-0.05, 0) is 24.3 Å². The lowest BCUT2D eigenvalue weighted by molar-refractivity contribution is 0.166. The SMILES string of the molecule is COCc1cc2cc(O)ccc2o1. The molecular weight excluding hydrogens is 168 g/mol. The quantitative estimate of drug-likeness (QED) is 0.767. The summed E-state index contributed by atoms with van der Waals surface area (Å²) in [5.41, 5.74) is 0.768. The summed E-state index contributed by atoms with van der Waals surface area (Å²) < 4.78 is 10.4. The van der Waals surface area contributed by atoms with Gasteiger partial charge < -0.3 is 14.3 Å². The van der Waals surface area contributed by atoms with Crippen LogP contribution >= 0.6 is 0 Å². The van der Waals surface area contributed by atoms with E-state index in [2.05, 4.69) is 0 Å². The predicted octanol–water partition coefficient (Wildman–Crippen LogP) is 2.28. The molecule has 0 aliphatic rings. The highest BCUT2D eigenvalue weighted by atomic mass is 16.5. The Labute approximate surface area is 75.5 Å². The van der Waals surface area contributed by atoms with Crippen molar-refractivity contribution in [2.45, 2.75) is 6.61 Å². The molecule has 0 amide bonds. The maximum Gasteiger partial charge on any atom is 0.134 e. The summed E-state index contributed by atoms with van der Waals surface area (Å²) >= 11 is 0. The van der Waals surface area contributed by atoms with Crippen LogP contribution in [0.25, 0.3) is 11.0 Å². The Morgan fingerprint density at radius 1 is 1.38 bits per heavy atom. The molecule has 1 heterocycles. The fourth-order valence-corrected chi connectivity index (χ4v) is 1.30. The average molecular weight is 178 g/mol. The van der Waals surface area contributed by atoms with Crippen molar-refractivity contribution < 1.29 is 14.3 Å². The molecule has 0 unspecified atom stereocenters. The fourth-order valence-electron chi connectivity index (χ4n) is 1.30. The third kappa shape index (κ3) is 1.51. The molecule has 0 bridgehead atoms. The van der Waals surface area contributed by atoms with E-state index in [1.807, 2.05) is 6.07 Å². The van der Waals surface area contributed by atoms with E-state index >= 15 is 0 Å². The Kier molecular flexibility index (Phi) is 1.94. The lowest BCUT2D eigenvalue weighted by Crippen LogP contribution is -1.81. The Bertz CT molecular complexity index is 417. The lowest BCUT2D eigenvalue weighted by atomic mass is 10.2. The number of furan rings is 1. The van der Waals surface area contributed by atoms with Gasteiger partial charge in [0.15, 0.2) is 0 Å². The number of phenolic OH excluding ortho intramolecular Hbond substituents is 1. The number of hydrogen-bond acceptors (Lipinski definition) is 3. The molecule has 2 rings (SSSR count). The summed E-state index contributed by atoms with van der Waals surface area (Å²) in [6.45, 7) is 0.454. The number of aromatic hydroxyl groups is 1. The topological polar surface area (TPSA) is 42.6 Å². The zero-order chi connectivity index (χ0) is 9.26. The number of rotatable bonds is 2. The minimum Gasteiger partial charge on any atom is -0.508 e. The van der Waals surface area contributed by atoms with Gasteiger partial charge in [0, 0.05) is 12.5 Å². The first-order valence-corrected chi connectivity index (χ1v) is 4.00. The third-order valence-electron chi connectivity index (χ3n) is 1.84. The summed E-state index contributed by atoms with van der Waals surface area (Å²) in [7, 11) is 1.62. The molecule has 0 spiro atoms. The molecular formula is C10H10O3. The highest BCUT2D eigenvalue weighted by molar-refractivity contribution is 5.79. The van der Waals surface area contributed by atoms with Gasteiger partial charge in [-0.2, -0.15) is 0 Å². The van der Waals surface area contributed by atoms with Gasteiger partial charge in [0.2, 0.25) is 0 Å². The van der Waals surface area contributed by atoms with Gasteiger partial charge in [-0.3, -0.25) is 0 Å². The van der Waals surface area contributed by atoms with Crippen molar-refractivity contribution in [3.63, 3.8) is 0 Å². The van der Waals surface area contributed by atoms with Crippen LogP contribution in [0.2, 0.25) is 0 Å². The second-order valence-corrected chi connectivity index (χ2v) is 2.87. The summed E-state index contributed by atoms with van der Waals surface area (Å²) in [6, 6.07) is 6.86. The van der Waals surface area contributed by atoms with Crippen LogP contribution in [0.5, 0.6) is 5.75 Å². The van der Waals surface area contributed by atoms with Crippen molar-refractivity contribution in [3.8, 4) is 5.75 Å². The van der Waals surface area contributed by atoms with Crippen LogP contribution in [0.4, 0.5) is 0 Å². The summed E-state index contributed by atoms with van der Waals surface area (Å²) in [6.07, 6.45) is 0. The van der Waals surface area contributed by atoms with E-state index in [0.717, 1.165) is 16.7 Å². The highest BCUT2D eigenvalue weighted by Gasteiger charge is 2.03. The number of hydrogen-bond donors (Lipinski definition) is 1. The van der Waals surface area contributed by atoms with Crippen molar-refractivity contribution in [2.24, 2.45) is 0 Å². The smallest absolute Gasteiger partial charge is 0.134 e. The summed E-state index contributed by atoms with van der Waals surface area (Å²) in [5.74, 6) is 1.01. The van der Waals surface area contributed by atoms with E-state index in [4.69, 9.17) is 9.15 Å². The second kappa shape index (κ2) is 3.11. The normalized spacial score (nSPS) is 10.8. The molecule has 0 aliphatic heterocycles. The Morgan fingerprint density at radius 2 is 2.23 bits per heavy atom. The molecule has 68 valence electrons. The van der Waals surface area contributed by atoms with E-state index in [0.29, 0.717) is 6.61 Å². The van der Waals surface area contributed by atoms with Gasteiger partial charge in [0.25, 0.3) is 0 Å². The number of ether oxygens (including phenoxy) is 1. The van der Waals surface area contributed by atoms with Crippen LogP contribution in [-0.4, -0.2) is 12.2 Å². The van der Waals surface area contributed by atoms with Crippen LogP contribution in [0.1, 0.15) is 5.76 Å². The molecule has 0 saturated heterocycles. The molecule has 0 saturated carbocycles. The molecule has 13 heavy (non-hydrogen) atoms. The Morgan fingerprint density at radius 3 is 3.00 bits per heavy atom. The minimum absolute atomic E-state index is 0.247. The second-order valence-electron chi connectivity index (χ2n) is 2.87. The van der Waals surface area contributed by atoms with E-state index < -0.39 is 0 Å². The van der Waals surface area contributed by atoms with Crippen LogP contribution in [0.15, 0.2) is 28.7 Å². The number of benzene rings is 1. The largest absolute Gasteiger partial charge is 0.508 e. The maximum atomic E-state index is 9.20. The van der Waals surface area contributed by atoms with Gasteiger partial charge in [0.1, 0.15) is 23.7 Å². The number of methoxy groups -OCH3 is 1. The van der Waals surface area contributed by atoms with E-state index in [-0.39, 0.29) is 5.75 Å². The molecule has 1 aromatic heterocycles. The van der Waals surface area contributed by atoms with Crippen LogP contribution in [-0.2, 0) is 11.3 Å². The van der Waals surface area contributed by atoms with E-state index in [9.17, 15) is 5.11 Å². The van der Waals surface area contributed by atoms with Crippen LogP contribution in [0.3, 0.4) is 0 Å². The highest BCUT2D eigenvalue weighted by Crippen LogP contribution is 2.23. The van der Waals surface area contributed by atoms with Crippen molar-refractivity contribution in [1.29, 1.82) is 0 Å². The van der Waals surface area contributed by atoms with Crippen molar-refractivity contribution >= 4 is 11.0 Å². The Hall–Kier alpha value is -1.48. The molecule has 0 aliphatic carbocycles. The summed E-state index contributed by atoms with van der Waals surface area (Å²) in [5, 5.41) is 10.1. The summed E-state index contributed by atoms with van der Waals surface area (Å²) in [4.78, 5) is 0. The van der Waals surface area contributed by atoms with Crippen molar-refractivity contribution in [1.82, 2.24) is 0 Å². The van der Waals surface area contributed by atoms with Crippen LogP contribution < -0.4 is 0 Å². The van der Waals surface area contributed by atoms with Crippen LogP contribution in [0, 0.1) is 0 Å². The van der Waals surface area contributed by atoms with Gasteiger partial charge >= 0.3 is 0 Å². The first-order chi connectivity index (χ1) is 6.29. The fraction of sp³-hybridized carbons (Fsp3) is 0.200. The molecule has 3 nitrogen and oxygen atoms in total. The minimum atomic E-state index is 0.247. The van der Waals surface area contributed by atoms with E-state index in [1.54, 1.807) is 25.3 Å². The van der Waals surface area contributed by atoms with Crippen molar-refractivity contribution in [2.75, 3.05) is 7.11 Å². The molecule has 2 aromatic rings. The zero-order valence-electron chi connectivity index (χ0n) is 7.28. The van der Waals surface area contributed by atoms with Gasteiger partial charge in [-0.25, -0.2) is 0 Å². The molecule has 1 aromatic carbocycles. The Balaban J connectivity index is 2.49.